The topological polar surface area (TPSA) is 98.0 Å². The van der Waals surface area contributed by atoms with E-state index in [9.17, 15) is 17.6 Å². The molecule has 0 spiro atoms. The van der Waals surface area contributed by atoms with E-state index in [-0.39, 0.29) is 24.0 Å². The monoisotopic (exact) mass is 467 g/mol. The van der Waals surface area contributed by atoms with Crippen molar-refractivity contribution < 1.29 is 17.6 Å². The Balaban J connectivity index is 1.53. The van der Waals surface area contributed by atoms with Crippen LogP contribution in [0.2, 0.25) is 0 Å². The summed E-state index contributed by atoms with van der Waals surface area (Å²) in [6, 6.07) is 16.5. The number of halogens is 1. The lowest BCUT2D eigenvalue weighted by atomic mass is 10.1. The van der Waals surface area contributed by atoms with E-state index >= 15 is 0 Å². The number of carbonyl (C=O) groups excluding carboxylic acids is 1. The first kappa shape index (κ1) is 22.4. The van der Waals surface area contributed by atoms with Gasteiger partial charge in [0.15, 0.2) is 5.82 Å². The average molecular weight is 468 g/mol. The first-order valence-electron chi connectivity index (χ1n) is 10.1. The maximum atomic E-state index is 13.4. The second-order valence-corrected chi connectivity index (χ2v) is 9.25. The van der Waals surface area contributed by atoms with Gasteiger partial charge in [-0.25, -0.2) is 22.2 Å². The lowest BCUT2D eigenvalue weighted by molar-refractivity contribution is 0.0951. The van der Waals surface area contributed by atoms with Crippen LogP contribution in [0.1, 0.15) is 21.5 Å². The Hall–Kier alpha value is -3.76. The van der Waals surface area contributed by atoms with Crippen molar-refractivity contribution in [3.05, 3.63) is 102 Å². The van der Waals surface area contributed by atoms with Crippen LogP contribution in [0.5, 0.6) is 0 Å². The first-order valence-corrected chi connectivity index (χ1v) is 11.8. The molecule has 33 heavy (non-hydrogen) atoms. The van der Waals surface area contributed by atoms with Crippen molar-refractivity contribution in [2.24, 2.45) is 0 Å². The Kier molecular flexibility index (Phi) is 6.38. The van der Waals surface area contributed by atoms with Crippen LogP contribution in [0, 0.1) is 5.82 Å². The van der Waals surface area contributed by atoms with Gasteiger partial charge in [0, 0.05) is 18.9 Å². The van der Waals surface area contributed by atoms with E-state index in [1.807, 2.05) is 12.1 Å². The number of rotatable bonds is 8. The molecule has 0 saturated heterocycles. The van der Waals surface area contributed by atoms with Crippen LogP contribution in [0.25, 0.3) is 11.5 Å². The number of nitrogens with zero attached hydrogens (tertiary/aromatic N) is 3. The quantitative estimate of drug-likeness (QED) is 0.416. The molecule has 0 unspecified atom stereocenters. The maximum absolute atomic E-state index is 13.4. The van der Waals surface area contributed by atoms with Gasteiger partial charge in [-0.1, -0.05) is 24.3 Å². The third kappa shape index (κ3) is 5.18. The van der Waals surface area contributed by atoms with Gasteiger partial charge in [-0.2, -0.15) is 5.10 Å². The highest BCUT2D eigenvalue weighted by Gasteiger charge is 2.20. The molecule has 2 aromatic heterocycles. The highest BCUT2D eigenvalue weighted by Crippen LogP contribution is 2.20. The van der Waals surface area contributed by atoms with Gasteiger partial charge in [0.25, 0.3) is 5.91 Å². The number of sulfonamides is 1. The second kappa shape index (κ2) is 9.39. The molecule has 8 nitrogen and oxygen atoms in total. The number of hydrogen-bond donors (Lipinski definition) is 2. The predicted octanol–water partition coefficient (Wildman–Crippen LogP) is 2.78. The largest absolute Gasteiger partial charge is 0.348 e. The molecule has 0 radical (unpaired) electrons. The van der Waals surface area contributed by atoms with Crippen molar-refractivity contribution in [3.63, 3.8) is 0 Å². The van der Waals surface area contributed by atoms with Crippen molar-refractivity contribution in [3.8, 4) is 11.5 Å². The average Bonchev–Trinajstić information content (AvgIpc) is 3.48. The minimum absolute atomic E-state index is 0.112. The molecule has 10 heteroatoms. The van der Waals surface area contributed by atoms with Gasteiger partial charge in [0.2, 0.25) is 10.0 Å². The normalized spacial score (nSPS) is 11.5. The highest BCUT2D eigenvalue weighted by atomic mass is 32.2. The van der Waals surface area contributed by atoms with E-state index in [4.69, 9.17) is 0 Å². The summed E-state index contributed by atoms with van der Waals surface area (Å²) in [6.45, 7) is 0.255. The van der Waals surface area contributed by atoms with Crippen molar-refractivity contribution >= 4 is 15.9 Å². The fraction of sp³-hybridized carbons (Fsp3) is 0.130. The summed E-state index contributed by atoms with van der Waals surface area (Å²) in [6.07, 6.45) is 5.07. The Bertz CT molecular complexity index is 1350. The van der Waals surface area contributed by atoms with Crippen molar-refractivity contribution in [1.82, 2.24) is 24.4 Å². The van der Waals surface area contributed by atoms with Crippen LogP contribution < -0.4 is 10.0 Å². The molecule has 4 rings (SSSR count). The summed E-state index contributed by atoms with van der Waals surface area (Å²) >= 11 is 0. The highest BCUT2D eigenvalue weighted by molar-refractivity contribution is 7.88. The molecule has 0 atom stereocenters. The van der Waals surface area contributed by atoms with E-state index in [0.717, 1.165) is 5.56 Å². The molecule has 170 valence electrons. The molecule has 2 N–H and O–H groups in total. The Morgan fingerprint density at radius 1 is 1.00 bits per heavy atom. The first-order chi connectivity index (χ1) is 15.9. The van der Waals surface area contributed by atoms with Crippen LogP contribution in [0.15, 0.2) is 79.3 Å². The summed E-state index contributed by atoms with van der Waals surface area (Å²) in [5, 5.41) is 7.23. The number of amides is 1. The Morgan fingerprint density at radius 3 is 2.27 bits per heavy atom. The minimum Gasteiger partial charge on any atom is -0.348 e. The molecule has 0 fully saturated rings. The van der Waals surface area contributed by atoms with E-state index < -0.39 is 10.0 Å². The molecule has 4 aromatic rings. The molecule has 0 aliphatic heterocycles. The van der Waals surface area contributed by atoms with Crippen molar-refractivity contribution in [2.45, 2.75) is 12.3 Å². The SMILES string of the molecule is CNS(=O)(=O)Cc1ccc(CNC(=O)c2cnn(-c3ccc(F)cc3)c2-n2cccc2)cc1. The fourth-order valence-electron chi connectivity index (χ4n) is 3.32. The van der Waals surface area contributed by atoms with Gasteiger partial charge in [-0.3, -0.25) is 4.79 Å². The summed E-state index contributed by atoms with van der Waals surface area (Å²) in [5.41, 5.74) is 2.44. The molecule has 2 aromatic carbocycles. The van der Waals surface area contributed by atoms with E-state index in [1.54, 1.807) is 58.0 Å². The molecule has 0 saturated carbocycles. The van der Waals surface area contributed by atoms with Crippen LogP contribution in [-0.2, 0) is 22.3 Å². The molecule has 2 heterocycles. The molecule has 1 amide bonds. The molecular formula is C23H22FN5O3S. The van der Waals surface area contributed by atoms with Crippen LogP contribution >= 0.6 is 0 Å². The van der Waals surface area contributed by atoms with E-state index in [2.05, 4.69) is 15.1 Å². The standard InChI is InChI=1S/C23H22FN5O3S/c1-25-33(31,32)16-18-6-4-17(5-7-18)14-26-22(30)21-15-27-29(20-10-8-19(24)9-11-20)23(21)28-12-2-3-13-28/h2-13,15,25H,14,16H2,1H3,(H,26,30). The predicted molar refractivity (Wildman–Crippen MR) is 122 cm³/mol. The lowest BCUT2D eigenvalue weighted by Crippen LogP contribution is -2.24. The number of nitrogens with one attached hydrogen (secondary N) is 2. The zero-order valence-electron chi connectivity index (χ0n) is 17.8. The van der Waals surface area contributed by atoms with Crippen molar-refractivity contribution in [1.29, 1.82) is 0 Å². The third-order valence-corrected chi connectivity index (χ3v) is 6.39. The van der Waals surface area contributed by atoms with Crippen molar-refractivity contribution in [2.75, 3.05) is 7.05 Å². The smallest absolute Gasteiger partial charge is 0.256 e. The van der Waals surface area contributed by atoms with E-state index in [1.165, 1.54) is 25.4 Å². The number of hydrogen-bond acceptors (Lipinski definition) is 4. The second-order valence-electron chi connectivity index (χ2n) is 7.32. The summed E-state index contributed by atoms with van der Waals surface area (Å²) in [7, 11) is -1.97. The summed E-state index contributed by atoms with van der Waals surface area (Å²) < 4.78 is 42.3. The number of carbonyl (C=O) groups is 1. The molecule has 0 bridgehead atoms. The lowest BCUT2D eigenvalue weighted by Gasteiger charge is -2.11. The minimum atomic E-state index is -3.35. The Labute approximate surface area is 190 Å². The molecule has 0 aliphatic rings. The molecule has 0 aliphatic carbocycles. The van der Waals surface area contributed by atoms with Crippen LogP contribution in [0.3, 0.4) is 0 Å². The fourth-order valence-corrected chi connectivity index (χ4v) is 4.10. The van der Waals surface area contributed by atoms with Gasteiger partial charge >= 0.3 is 0 Å². The maximum Gasteiger partial charge on any atom is 0.256 e. The Morgan fingerprint density at radius 2 is 1.64 bits per heavy atom. The van der Waals surface area contributed by atoms with Gasteiger partial charge in [0.05, 0.1) is 17.6 Å². The van der Waals surface area contributed by atoms with Crippen LogP contribution in [0.4, 0.5) is 4.39 Å². The summed E-state index contributed by atoms with van der Waals surface area (Å²) in [4.78, 5) is 13.0. The van der Waals surface area contributed by atoms with Gasteiger partial charge in [-0.15, -0.1) is 0 Å². The van der Waals surface area contributed by atoms with E-state index in [0.29, 0.717) is 22.6 Å². The number of benzene rings is 2. The van der Waals surface area contributed by atoms with Gasteiger partial charge in [0.1, 0.15) is 11.4 Å². The van der Waals surface area contributed by atoms with Crippen LogP contribution in [-0.4, -0.2) is 35.7 Å². The number of aromatic nitrogens is 3. The van der Waals surface area contributed by atoms with Gasteiger partial charge in [-0.05, 0) is 54.6 Å². The summed E-state index contributed by atoms with van der Waals surface area (Å²) in [5.74, 6) is -0.273. The zero-order valence-corrected chi connectivity index (χ0v) is 18.6. The molecular weight excluding hydrogens is 445 g/mol. The zero-order chi connectivity index (χ0) is 23.4. The van der Waals surface area contributed by atoms with Gasteiger partial charge < -0.3 is 9.88 Å². The third-order valence-electron chi connectivity index (χ3n) is 5.05.